The first-order chi connectivity index (χ1) is 41.4. The van der Waals surface area contributed by atoms with Crippen LogP contribution in [0.4, 0.5) is 5.69 Å². The molecule has 1 saturated heterocycles. The molecule has 2 fully saturated rings. The van der Waals surface area contributed by atoms with Gasteiger partial charge >= 0.3 is 0 Å². The van der Waals surface area contributed by atoms with Crippen molar-refractivity contribution in [3.05, 3.63) is 94.1 Å². The molecule has 1 aliphatic heterocycles. The summed E-state index contributed by atoms with van der Waals surface area (Å²) in [6.07, 6.45) is 6.74. The SMILES string of the molecule is CCN(C(=O)Cn1c(C(=O)N[C@H]2CC[C@H](C(=O)NCCCCCCCC(=O)NCCOCCOCCOCCC(=O)N[C@@H](C(=O)N3C[C@@H](O)[C@H](C(=O)NCc4ccc(-c5scnc5C)cc4)C3)C(C)(C)C)CC2)cc2sccc21)c1cccc(C)c1. The van der Waals surface area contributed by atoms with Crippen LogP contribution in [0.5, 0.6) is 0 Å². The van der Waals surface area contributed by atoms with Gasteiger partial charge in [0.15, 0.2) is 0 Å². The Hall–Kier alpha value is -6.56. The van der Waals surface area contributed by atoms with Crippen LogP contribution in [-0.2, 0) is 56.1 Å². The van der Waals surface area contributed by atoms with Crippen molar-refractivity contribution in [2.45, 2.75) is 143 Å². The largest absolute Gasteiger partial charge is 0.390 e. The molecule has 468 valence electrons. The van der Waals surface area contributed by atoms with E-state index in [0.717, 1.165) is 75.3 Å². The highest BCUT2D eigenvalue weighted by Gasteiger charge is 2.43. The van der Waals surface area contributed by atoms with Gasteiger partial charge in [-0.3, -0.25) is 33.6 Å². The Balaban J connectivity index is 0.647. The molecule has 3 aromatic heterocycles. The van der Waals surface area contributed by atoms with Crippen molar-refractivity contribution in [2.24, 2.45) is 17.3 Å². The van der Waals surface area contributed by atoms with Gasteiger partial charge in [-0.1, -0.05) is 76.4 Å². The third-order valence-electron chi connectivity index (χ3n) is 15.9. The van der Waals surface area contributed by atoms with Crippen LogP contribution in [0, 0.1) is 31.1 Å². The lowest BCUT2D eigenvalue weighted by Gasteiger charge is -2.33. The minimum absolute atomic E-state index is 0.0144. The number of thiazole rings is 1. The number of benzene rings is 2. The fourth-order valence-electron chi connectivity index (χ4n) is 10.9. The zero-order chi connectivity index (χ0) is 61.6. The van der Waals surface area contributed by atoms with E-state index >= 15 is 0 Å². The summed E-state index contributed by atoms with van der Waals surface area (Å²) in [5.41, 5.74) is 7.33. The molecule has 1 saturated carbocycles. The van der Waals surface area contributed by atoms with Crippen LogP contribution in [0.15, 0.2) is 71.6 Å². The monoisotopic (exact) mass is 1220 g/mol. The molecule has 4 heterocycles. The van der Waals surface area contributed by atoms with Gasteiger partial charge in [-0.2, -0.15) is 0 Å². The Kier molecular flexibility index (Phi) is 26.1. The van der Waals surface area contributed by atoms with Crippen molar-refractivity contribution in [3.8, 4) is 10.4 Å². The number of ether oxygens (including phenoxy) is 3. The fourth-order valence-corrected chi connectivity index (χ4v) is 12.6. The Labute approximate surface area is 513 Å². The summed E-state index contributed by atoms with van der Waals surface area (Å²) in [5.74, 6) is -2.19. The number of aliphatic hydroxyl groups excluding tert-OH is 1. The highest BCUT2D eigenvalue weighted by molar-refractivity contribution is 7.17. The maximum absolute atomic E-state index is 13.8. The molecule has 3 atom stereocenters. The van der Waals surface area contributed by atoms with E-state index in [4.69, 9.17) is 14.2 Å². The molecule has 20 nitrogen and oxygen atoms in total. The van der Waals surface area contributed by atoms with E-state index in [2.05, 4.69) is 31.6 Å². The summed E-state index contributed by atoms with van der Waals surface area (Å²) in [6, 6.07) is 18.6. The van der Waals surface area contributed by atoms with E-state index in [-0.39, 0.29) is 99.1 Å². The average Bonchev–Trinajstić information content (AvgIpc) is 2.59. The number of hydrogen-bond donors (Lipinski definition) is 6. The Bertz CT molecular complexity index is 3020. The Morgan fingerprint density at radius 1 is 0.756 bits per heavy atom. The van der Waals surface area contributed by atoms with Crippen LogP contribution in [0.1, 0.15) is 126 Å². The molecular weight excluding hydrogens is 1130 g/mol. The van der Waals surface area contributed by atoms with E-state index in [0.29, 0.717) is 83.9 Å². The van der Waals surface area contributed by atoms with Crippen molar-refractivity contribution in [1.82, 2.24) is 41.0 Å². The highest BCUT2D eigenvalue weighted by atomic mass is 32.1. The van der Waals surface area contributed by atoms with E-state index in [1.807, 2.05) is 118 Å². The number of amides is 7. The predicted molar refractivity (Wildman–Crippen MR) is 335 cm³/mol. The number of thiophene rings is 1. The summed E-state index contributed by atoms with van der Waals surface area (Å²) in [5, 5.41) is 27.8. The average molecular weight is 1220 g/mol. The molecular formula is C64H89N9O11S2. The molecule has 0 unspecified atom stereocenters. The standard InChI is InChI=1S/C64H89N9O11S2/c1-7-72(49-15-13-14-43(2)36-49)57(77)41-73-51-26-35-85-54(51)37-52(73)62(80)69-48-23-21-47(22-24-48)60(78)66-27-12-10-8-9-11-16-55(75)65-28-30-83-32-34-84-33-31-82-29-25-56(76)70-59(64(4,5)6)63(81)71-39-50(53(74)40-71)61(79)67-38-45-17-19-46(20-18-45)58-44(3)68-42-86-58/h13-15,17-20,26,35-37,42,47-48,50,53,59,74H,7-12,16,21-25,27-34,38-41H2,1-6H3,(H,65,75)(H,66,78)(H,67,79)(H,69,80)(H,70,76)/t47-,48-,50-,53-,59+/m1/s1. The molecule has 1 aliphatic carbocycles. The molecule has 86 heavy (non-hydrogen) atoms. The first-order valence-electron chi connectivity index (χ1n) is 30.5. The molecule has 0 bridgehead atoms. The number of fused-ring (bicyclic) bond motifs is 1. The Morgan fingerprint density at radius 3 is 2.16 bits per heavy atom. The molecule has 2 aromatic carbocycles. The van der Waals surface area contributed by atoms with E-state index in [9.17, 15) is 38.7 Å². The van der Waals surface area contributed by atoms with Crippen molar-refractivity contribution in [1.29, 1.82) is 0 Å². The lowest BCUT2D eigenvalue weighted by Crippen LogP contribution is -2.54. The van der Waals surface area contributed by atoms with Gasteiger partial charge in [0.05, 0.1) is 78.0 Å². The number of aryl methyl sites for hydroxylation is 2. The fraction of sp³-hybridized carbons (Fsp3) is 0.562. The number of carbonyl (C=O) groups excluding carboxylic acids is 7. The third-order valence-corrected chi connectivity index (χ3v) is 17.7. The number of carbonyl (C=O) groups is 7. The van der Waals surface area contributed by atoms with Gasteiger partial charge in [-0.15, -0.1) is 22.7 Å². The topological polar surface area (TPSA) is 252 Å². The number of likely N-dealkylation sites (N-methyl/N-ethyl adjacent to an activating group) is 1. The number of unbranched alkanes of at least 4 members (excludes halogenated alkanes) is 4. The minimum atomic E-state index is -1.04. The van der Waals surface area contributed by atoms with Crippen LogP contribution in [0.2, 0.25) is 0 Å². The van der Waals surface area contributed by atoms with Crippen LogP contribution < -0.4 is 31.5 Å². The van der Waals surface area contributed by atoms with Gasteiger partial charge in [-0.05, 0) is 111 Å². The zero-order valence-electron chi connectivity index (χ0n) is 50.9. The maximum atomic E-state index is 13.8. The van der Waals surface area contributed by atoms with E-state index < -0.39 is 23.5 Å². The van der Waals surface area contributed by atoms with Gasteiger partial charge < -0.3 is 60.3 Å². The molecule has 0 radical (unpaired) electrons. The summed E-state index contributed by atoms with van der Waals surface area (Å²) < 4.78 is 19.5. The molecule has 0 spiro atoms. The van der Waals surface area contributed by atoms with E-state index in [1.54, 1.807) is 27.6 Å². The van der Waals surface area contributed by atoms with Gasteiger partial charge in [-0.25, -0.2) is 4.98 Å². The zero-order valence-corrected chi connectivity index (χ0v) is 52.6. The number of rotatable bonds is 33. The number of likely N-dealkylation sites (tertiary alicyclic amines) is 1. The smallest absolute Gasteiger partial charge is 0.268 e. The lowest BCUT2D eigenvalue weighted by atomic mass is 9.85. The second-order valence-corrected chi connectivity index (χ2v) is 25.3. The van der Waals surface area contributed by atoms with Gasteiger partial charge in [0, 0.05) is 69.8 Å². The summed E-state index contributed by atoms with van der Waals surface area (Å²) in [4.78, 5) is 101. The summed E-state index contributed by atoms with van der Waals surface area (Å²) in [6.45, 7) is 15.1. The first kappa shape index (κ1) is 67.0. The van der Waals surface area contributed by atoms with E-state index in [1.165, 1.54) is 4.90 Å². The van der Waals surface area contributed by atoms with Crippen molar-refractivity contribution < 1.29 is 52.9 Å². The first-order valence-corrected chi connectivity index (χ1v) is 32.2. The maximum Gasteiger partial charge on any atom is 0.268 e. The second-order valence-electron chi connectivity index (χ2n) is 23.5. The van der Waals surface area contributed by atoms with Crippen LogP contribution in [0.3, 0.4) is 0 Å². The van der Waals surface area contributed by atoms with Gasteiger partial charge in [0.2, 0.25) is 35.4 Å². The lowest BCUT2D eigenvalue weighted by molar-refractivity contribution is -0.139. The quantitative estimate of drug-likeness (QED) is 0.0224. The third kappa shape index (κ3) is 20.0. The number of nitrogens with one attached hydrogen (secondary N) is 5. The molecule has 22 heteroatoms. The molecule has 7 rings (SSSR count). The number of hydrogen-bond acceptors (Lipinski definition) is 14. The van der Waals surface area contributed by atoms with Gasteiger partial charge in [0.1, 0.15) is 18.3 Å². The van der Waals surface area contributed by atoms with Crippen LogP contribution in [0.25, 0.3) is 20.7 Å². The molecule has 7 amide bonds. The van der Waals surface area contributed by atoms with Crippen LogP contribution in [-0.4, -0.2) is 151 Å². The second kappa shape index (κ2) is 33.5. The molecule has 6 N–H and O–H groups in total. The number of aromatic nitrogens is 2. The highest BCUT2D eigenvalue weighted by Crippen LogP contribution is 2.31. The van der Waals surface area contributed by atoms with Crippen LogP contribution >= 0.6 is 22.7 Å². The van der Waals surface area contributed by atoms with Crippen molar-refractivity contribution in [2.75, 3.05) is 77.3 Å². The normalized spacial score (nSPS) is 17.3. The molecule has 2 aliphatic rings. The number of β-amino-alcohol motifs (C(OH)–C–C–N with tert-alkyl or cyclic N) is 1. The molecule has 5 aromatic rings. The minimum Gasteiger partial charge on any atom is -0.390 e. The number of nitrogens with zero attached hydrogens (tertiary/aromatic N) is 4. The predicted octanol–water partition coefficient (Wildman–Crippen LogP) is 7.46. The summed E-state index contributed by atoms with van der Waals surface area (Å²) in [7, 11) is 0. The van der Waals surface area contributed by atoms with Crippen molar-refractivity contribution in [3.63, 3.8) is 0 Å². The Morgan fingerprint density at radius 2 is 1.47 bits per heavy atom. The number of aliphatic hydroxyl groups is 1. The number of anilines is 1. The van der Waals surface area contributed by atoms with Crippen molar-refractivity contribution >= 4 is 79.9 Å². The summed E-state index contributed by atoms with van der Waals surface area (Å²) >= 11 is 3.12. The van der Waals surface area contributed by atoms with Gasteiger partial charge in [0.25, 0.3) is 5.91 Å².